The summed E-state index contributed by atoms with van der Waals surface area (Å²) in [6.45, 7) is 1.99. The second kappa shape index (κ2) is 6.30. The van der Waals surface area contributed by atoms with E-state index >= 15 is 0 Å². The summed E-state index contributed by atoms with van der Waals surface area (Å²) in [6, 6.07) is 12.0. The number of benzene rings is 1. The van der Waals surface area contributed by atoms with Gasteiger partial charge in [-0.25, -0.2) is 0 Å². The largest absolute Gasteiger partial charge is 0.497 e. The summed E-state index contributed by atoms with van der Waals surface area (Å²) in [6.07, 6.45) is 0. The first-order valence-corrected chi connectivity index (χ1v) is 5.36. The topological polar surface area (TPSA) is 31.2 Å². The molecule has 0 bridgehead atoms. The molecule has 2 rings (SSSR count). The van der Waals surface area contributed by atoms with Gasteiger partial charge in [0.1, 0.15) is 5.75 Å². The fraction of sp³-hybridized carbons (Fsp3) is 0.214. The smallest absolute Gasteiger partial charge is 0.194 e. The van der Waals surface area contributed by atoms with Crippen molar-refractivity contribution in [2.75, 3.05) is 7.11 Å². The summed E-state index contributed by atoms with van der Waals surface area (Å²) in [7, 11) is 3.39. The van der Waals surface area contributed by atoms with Crippen molar-refractivity contribution in [2.24, 2.45) is 7.05 Å². The van der Waals surface area contributed by atoms with Crippen molar-refractivity contribution >= 4 is 0 Å². The second-order valence-corrected chi connectivity index (χ2v) is 3.90. The number of pyridine rings is 1. The normalized spacial score (nSPS) is 9.72. The Morgan fingerprint density at radius 1 is 1.28 bits per heavy atom. The Labute approximate surface area is 132 Å². The van der Waals surface area contributed by atoms with E-state index in [1.807, 2.05) is 25.1 Å². The molecule has 0 spiro atoms. The SMILES string of the molecule is COc1ccc(-c2[c-]ccc(=O)n2C)c(C)c1.[Y]. The number of rotatable bonds is 2. The van der Waals surface area contributed by atoms with Crippen LogP contribution in [0.3, 0.4) is 0 Å². The summed E-state index contributed by atoms with van der Waals surface area (Å²) >= 11 is 0. The van der Waals surface area contributed by atoms with Gasteiger partial charge >= 0.3 is 0 Å². The Bertz CT molecular complexity index is 605. The third kappa shape index (κ3) is 2.90. The molecule has 1 radical (unpaired) electrons. The third-order valence-electron chi connectivity index (χ3n) is 2.80. The molecule has 0 atom stereocenters. The van der Waals surface area contributed by atoms with E-state index in [2.05, 4.69) is 6.07 Å². The second-order valence-electron chi connectivity index (χ2n) is 3.90. The molecule has 1 aromatic carbocycles. The zero-order valence-corrected chi connectivity index (χ0v) is 13.6. The van der Waals surface area contributed by atoms with Gasteiger partial charge in [-0.15, -0.1) is 6.07 Å². The van der Waals surface area contributed by atoms with Crippen LogP contribution in [0.25, 0.3) is 11.3 Å². The molecule has 4 heteroatoms. The van der Waals surface area contributed by atoms with Crippen LogP contribution in [0.15, 0.2) is 35.1 Å². The quantitative estimate of drug-likeness (QED) is 0.795. The minimum Gasteiger partial charge on any atom is -0.497 e. The number of hydrogen-bond donors (Lipinski definition) is 0. The van der Waals surface area contributed by atoms with Crippen LogP contribution in [0.5, 0.6) is 5.75 Å². The monoisotopic (exact) mass is 317 g/mol. The van der Waals surface area contributed by atoms with Crippen molar-refractivity contribution in [3.63, 3.8) is 0 Å². The number of hydrogen-bond acceptors (Lipinski definition) is 2. The van der Waals surface area contributed by atoms with Crippen molar-refractivity contribution < 1.29 is 37.4 Å². The molecule has 0 aliphatic rings. The van der Waals surface area contributed by atoms with Gasteiger partial charge in [0, 0.05) is 39.8 Å². The predicted octanol–water partition coefficient (Wildman–Crippen LogP) is 2.17. The van der Waals surface area contributed by atoms with Crippen molar-refractivity contribution in [1.82, 2.24) is 4.57 Å². The van der Waals surface area contributed by atoms with E-state index in [0.29, 0.717) is 0 Å². The van der Waals surface area contributed by atoms with E-state index < -0.39 is 0 Å². The van der Waals surface area contributed by atoms with Crippen LogP contribution >= 0.6 is 0 Å². The van der Waals surface area contributed by atoms with Crippen LogP contribution in [-0.4, -0.2) is 11.7 Å². The van der Waals surface area contributed by atoms with Crippen LogP contribution in [0.2, 0.25) is 0 Å². The summed E-state index contributed by atoms with van der Waals surface area (Å²) in [5.74, 6) is 0.812. The van der Waals surface area contributed by atoms with E-state index in [4.69, 9.17) is 4.74 Å². The average molecular weight is 317 g/mol. The maximum absolute atomic E-state index is 11.6. The molecule has 0 saturated heterocycles. The Morgan fingerprint density at radius 3 is 2.61 bits per heavy atom. The van der Waals surface area contributed by atoms with E-state index in [9.17, 15) is 4.79 Å². The number of aromatic nitrogens is 1. The summed E-state index contributed by atoms with van der Waals surface area (Å²) in [4.78, 5) is 11.6. The van der Waals surface area contributed by atoms with Gasteiger partial charge in [0.15, 0.2) is 5.56 Å². The fourth-order valence-corrected chi connectivity index (χ4v) is 1.80. The zero-order valence-electron chi connectivity index (χ0n) is 10.7. The van der Waals surface area contributed by atoms with Gasteiger partial charge in [-0.2, -0.15) is 12.1 Å². The molecule has 0 fully saturated rings. The number of aryl methyl sites for hydroxylation is 1. The van der Waals surface area contributed by atoms with Crippen LogP contribution in [0, 0.1) is 13.0 Å². The number of ether oxygens (including phenoxy) is 1. The van der Waals surface area contributed by atoms with E-state index in [0.717, 1.165) is 22.6 Å². The minimum atomic E-state index is -0.0334. The fourth-order valence-electron chi connectivity index (χ4n) is 1.80. The van der Waals surface area contributed by atoms with Gasteiger partial charge in [0.2, 0.25) is 0 Å². The Hall–Kier alpha value is -0.926. The maximum atomic E-state index is 11.6. The number of methoxy groups -OCH3 is 1. The van der Waals surface area contributed by atoms with Gasteiger partial charge in [-0.1, -0.05) is 29.8 Å². The summed E-state index contributed by atoms with van der Waals surface area (Å²) < 4.78 is 6.75. The van der Waals surface area contributed by atoms with Crippen molar-refractivity contribution in [3.8, 4) is 17.0 Å². The van der Waals surface area contributed by atoms with Gasteiger partial charge in [-0.3, -0.25) is 4.79 Å². The molecule has 0 saturated carbocycles. The minimum absolute atomic E-state index is 0. The zero-order chi connectivity index (χ0) is 12.4. The first-order valence-electron chi connectivity index (χ1n) is 5.36. The first-order chi connectivity index (χ1) is 8.13. The summed E-state index contributed by atoms with van der Waals surface area (Å²) in [5.41, 5.74) is 2.81. The molecule has 3 nitrogen and oxygen atoms in total. The van der Waals surface area contributed by atoms with Crippen LogP contribution in [0.1, 0.15) is 5.56 Å². The molecule has 18 heavy (non-hydrogen) atoms. The molecule has 1 aromatic heterocycles. The van der Waals surface area contributed by atoms with Crippen LogP contribution in [0.4, 0.5) is 0 Å². The molecule has 1 heterocycles. The Kier molecular flexibility index (Phi) is 5.30. The Balaban J connectivity index is 0.00000162. The van der Waals surface area contributed by atoms with Crippen LogP contribution < -0.4 is 10.3 Å². The summed E-state index contributed by atoms with van der Waals surface area (Å²) in [5, 5.41) is 0. The van der Waals surface area contributed by atoms with Gasteiger partial charge in [0.05, 0.1) is 7.11 Å². The predicted molar refractivity (Wildman–Crippen MR) is 67.2 cm³/mol. The average Bonchev–Trinajstić information content (AvgIpc) is 2.33. The third-order valence-corrected chi connectivity index (χ3v) is 2.80. The van der Waals surface area contributed by atoms with E-state index in [-0.39, 0.29) is 38.3 Å². The molecular formula is C14H14NO2Y-. The molecule has 0 N–H and O–H groups in total. The molecule has 0 aliphatic carbocycles. The van der Waals surface area contributed by atoms with Crippen molar-refractivity contribution in [1.29, 1.82) is 0 Å². The van der Waals surface area contributed by atoms with Crippen molar-refractivity contribution in [2.45, 2.75) is 6.92 Å². The molecule has 0 unspecified atom stereocenters. The van der Waals surface area contributed by atoms with E-state index in [1.54, 1.807) is 24.8 Å². The first kappa shape index (κ1) is 15.1. The van der Waals surface area contributed by atoms with Crippen LogP contribution in [-0.2, 0) is 39.8 Å². The molecule has 0 amide bonds. The van der Waals surface area contributed by atoms with Crippen molar-refractivity contribution in [3.05, 3.63) is 52.3 Å². The van der Waals surface area contributed by atoms with Gasteiger partial charge in [0.25, 0.3) is 0 Å². The number of nitrogens with zero attached hydrogens (tertiary/aromatic N) is 1. The maximum Gasteiger partial charge on any atom is 0.194 e. The molecule has 2 aromatic rings. The van der Waals surface area contributed by atoms with E-state index in [1.165, 1.54) is 6.07 Å². The van der Waals surface area contributed by atoms with Gasteiger partial charge in [-0.05, 0) is 12.1 Å². The van der Waals surface area contributed by atoms with Gasteiger partial charge < -0.3 is 9.30 Å². The standard InChI is InChI=1S/C14H14NO2.Y/c1-10-9-11(17-3)7-8-12(10)13-5-4-6-14(16)15(13)2;/h4,6-9H,1-3H3;/q-1;. The Morgan fingerprint density at radius 2 is 2.00 bits per heavy atom. The molecule has 0 aliphatic heterocycles. The molecule has 91 valence electrons. The molecular weight excluding hydrogens is 303 g/mol.